The first-order valence-corrected chi connectivity index (χ1v) is 8.71. The fourth-order valence-electron chi connectivity index (χ4n) is 3.54. The summed E-state index contributed by atoms with van der Waals surface area (Å²) >= 11 is 0. The van der Waals surface area contributed by atoms with E-state index in [2.05, 4.69) is 13.8 Å². The van der Waals surface area contributed by atoms with Crippen molar-refractivity contribution in [3.8, 4) is 0 Å². The first-order valence-electron chi connectivity index (χ1n) is 7.31. The van der Waals surface area contributed by atoms with E-state index in [1.807, 2.05) is 6.92 Å². The van der Waals surface area contributed by atoms with Gasteiger partial charge in [0.25, 0.3) is 10.2 Å². The molecule has 2 rings (SSSR count). The second-order valence-corrected chi connectivity index (χ2v) is 8.41. The van der Waals surface area contributed by atoms with Crippen LogP contribution in [0.5, 0.6) is 0 Å². The van der Waals surface area contributed by atoms with Gasteiger partial charge >= 0.3 is 0 Å². The number of hydrogen-bond donors (Lipinski definition) is 1. The molecule has 0 bridgehead atoms. The van der Waals surface area contributed by atoms with Crippen molar-refractivity contribution in [2.24, 2.45) is 23.5 Å². The molecule has 0 aliphatic carbocycles. The normalized spacial score (nSPS) is 38.7. The van der Waals surface area contributed by atoms with Crippen molar-refractivity contribution in [2.75, 3.05) is 26.2 Å². The van der Waals surface area contributed by atoms with Crippen LogP contribution in [0.1, 0.15) is 33.6 Å². The molecule has 0 radical (unpaired) electrons. The molecular weight excluding hydrogens is 262 g/mol. The molecule has 4 unspecified atom stereocenters. The number of hydrogen-bond acceptors (Lipinski definition) is 3. The molecule has 0 aromatic rings. The summed E-state index contributed by atoms with van der Waals surface area (Å²) in [4.78, 5) is 0. The Morgan fingerprint density at radius 2 is 1.63 bits per heavy atom. The summed E-state index contributed by atoms with van der Waals surface area (Å²) in [6.07, 6.45) is 2.00. The minimum Gasteiger partial charge on any atom is -0.330 e. The molecule has 2 aliphatic rings. The first-order chi connectivity index (χ1) is 8.84. The van der Waals surface area contributed by atoms with Crippen LogP contribution in [0.3, 0.4) is 0 Å². The molecule has 0 amide bonds. The van der Waals surface area contributed by atoms with E-state index in [-0.39, 0.29) is 6.04 Å². The molecule has 2 saturated heterocycles. The van der Waals surface area contributed by atoms with Crippen LogP contribution in [0.15, 0.2) is 0 Å². The molecule has 4 atom stereocenters. The zero-order valence-corrected chi connectivity index (χ0v) is 13.1. The summed E-state index contributed by atoms with van der Waals surface area (Å²) in [5, 5.41) is 0. The molecule has 2 N–H and O–H groups in total. The molecule has 2 aliphatic heterocycles. The number of nitrogens with zero attached hydrogens (tertiary/aromatic N) is 2. The highest BCUT2D eigenvalue weighted by atomic mass is 32.2. The third-order valence-electron chi connectivity index (χ3n) is 4.40. The van der Waals surface area contributed by atoms with Gasteiger partial charge in [0.15, 0.2) is 0 Å². The van der Waals surface area contributed by atoms with E-state index in [1.54, 1.807) is 8.61 Å². The zero-order chi connectivity index (χ0) is 14.2. The van der Waals surface area contributed by atoms with Crippen LogP contribution in [0.4, 0.5) is 0 Å². The van der Waals surface area contributed by atoms with Gasteiger partial charge in [0.2, 0.25) is 0 Å². The molecule has 0 aromatic carbocycles. The Hall–Kier alpha value is -0.170. The molecular formula is C13H27N3O2S. The van der Waals surface area contributed by atoms with Gasteiger partial charge in [-0.3, -0.25) is 0 Å². The van der Waals surface area contributed by atoms with Gasteiger partial charge in [0.1, 0.15) is 0 Å². The van der Waals surface area contributed by atoms with E-state index < -0.39 is 10.2 Å². The van der Waals surface area contributed by atoms with Crippen molar-refractivity contribution in [3.63, 3.8) is 0 Å². The topological polar surface area (TPSA) is 66.6 Å². The summed E-state index contributed by atoms with van der Waals surface area (Å²) in [7, 11) is -3.31. The van der Waals surface area contributed by atoms with Crippen molar-refractivity contribution in [2.45, 2.75) is 39.7 Å². The Labute approximate surface area is 117 Å². The second-order valence-electron chi connectivity index (χ2n) is 6.53. The van der Waals surface area contributed by atoms with E-state index in [0.717, 1.165) is 12.8 Å². The lowest BCUT2D eigenvalue weighted by Gasteiger charge is -2.37. The van der Waals surface area contributed by atoms with Gasteiger partial charge < -0.3 is 5.73 Å². The molecule has 0 saturated carbocycles. The fourth-order valence-corrected chi connectivity index (χ4v) is 5.67. The van der Waals surface area contributed by atoms with E-state index in [0.29, 0.717) is 43.9 Å². The van der Waals surface area contributed by atoms with Crippen LogP contribution >= 0.6 is 0 Å². The molecule has 19 heavy (non-hydrogen) atoms. The minimum atomic E-state index is -3.31. The Morgan fingerprint density at radius 1 is 1.05 bits per heavy atom. The third-order valence-corrected chi connectivity index (χ3v) is 6.45. The quantitative estimate of drug-likeness (QED) is 0.838. The smallest absolute Gasteiger partial charge is 0.282 e. The van der Waals surface area contributed by atoms with Gasteiger partial charge in [-0.05, 0) is 44.1 Å². The Kier molecular flexibility index (Phi) is 4.55. The van der Waals surface area contributed by atoms with Crippen LogP contribution < -0.4 is 5.73 Å². The zero-order valence-electron chi connectivity index (χ0n) is 12.2. The van der Waals surface area contributed by atoms with Gasteiger partial charge in [-0.1, -0.05) is 13.8 Å². The average molecular weight is 289 g/mol. The third kappa shape index (κ3) is 3.12. The Morgan fingerprint density at radius 3 is 2.11 bits per heavy atom. The lowest BCUT2D eigenvalue weighted by Crippen LogP contribution is -2.50. The Balaban J connectivity index is 2.13. The maximum Gasteiger partial charge on any atom is 0.282 e. The minimum absolute atomic E-state index is 0.0751. The first kappa shape index (κ1) is 15.2. The van der Waals surface area contributed by atoms with Gasteiger partial charge in [-0.2, -0.15) is 17.0 Å². The van der Waals surface area contributed by atoms with Crippen LogP contribution in [0.25, 0.3) is 0 Å². The van der Waals surface area contributed by atoms with Crippen LogP contribution in [-0.4, -0.2) is 49.2 Å². The Bertz CT molecular complexity index is 402. The van der Waals surface area contributed by atoms with Crippen molar-refractivity contribution in [1.82, 2.24) is 8.61 Å². The summed E-state index contributed by atoms with van der Waals surface area (Å²) < 4.78 is 28.9. The number of piperidine rings is 1. The molecule has 2 fully saturated rings. The highest BCUT2D eigenvalue weighted by molar-refractivity contribution is 7.86. The van der Waals surface area contributed by atoms with Gasteiger partial charge in [-0.25, -0.2) is 0 Å². The lowest BCUT2D eigenvalue weighted by molar-refractivity contribution is 0.207. The van der Waals surface area contributed by atoms with Crippen molar-refractivity contribution >= 4 is 10.2 Å². The lowest BCUT2D eigenvalue weighted by atomic mass is 9.94. The second kappa shape index (κ2) is 5.68. The number of rotatable bonds is 3. The van der Waals surface area contributed by atoms with Crippen LogP contribution in [0, 0.1) is 17.8 Å². The standard InChI is InChI=1S/C13H27N3O2S/c1-10-4-11(2)8-15(7-10)19(17,18)16-9-13(6-14)5-12(16)3/h10-13H,4-9,14H2,1-3H3. The molecule has 112 valence electrons. The fraction of sp³-hybridized carbons (Fsp3) is 1.00. The van der Waals surface area contributed by atoms with Gasteiger partial charge in [0.05, 0.1) is 0 Å². The van der Waals surface area contributed by atoms with E-state index in [4.69, 9.17) is 5.73 Å². The van der Waals surface area contributed by atoms with Crippen LogP contribution in [0.2, 0.25) is 0 Å². The predicted octanol–water partition coefficient (Wildman–Crippen LogP) is 0.878. The summed E-state index contributed by atoms with van der Waals surface area (Å²) in [6.45, 7) is 8.72. The summed E-state index contributed by atoms with van der Waals surface area (Å²) in [6, 6.07) is 0.0751. The molecule has 0 spiro atoms. The van der Waals surface area contributed by atoms with Gasteiger partial charge in [-0.15, -0.1) is 0 Å². The molecule has 6 heteroatoms. The van der Waals surface area contributed by atoms with Gasteiger partial charge in [0, 0.05) is 25.7 Å². The maximum absolute atomic E-state index is 12.8. The van der Waals surface area contributed by atoms with E-state index in [9.17, 15) is 8.42 Å². The highest BCUT2D eigenvalue weighted by Crippen LogP contribution is 2.30. The largest absolute Gasteiger partial charge is 0.330 e. The maximum atomic E-state index is 12.8. The number of nitrogens with two attached hydrogens (primary N) is 1. The molecule has 0 aromatic heterocycles. The average Bonchev–Trinajstić information content (AvgIpc) is 2.70. The summed E-state index contributed by atoms with van der Waals surface area (Å²) in [5.74, 6) is 1.20. The summed E-state index contributed by atoms with van der Waals surface area (Å²) in [5.41, 5.74) is 5.69. The SMILES string of the molecule is CC1CC(C)CN(S(=O)(=O)N2CC(CN)CC2C)C1. The predicted molar refractivity (Wildman–Crippen MR) is 76.8 cm³/mol. The highest BCUT2D eigenvalue weighted by Gasteiger charge is 2.41. The van der Waals surface area contributed by atoms with Crippen molar-refractivity contribution in [3.05, 3.63) is 0 Å². The molecule has 2 heterocycles. The van der Waals surface area contributed by atoms with Crippen LogP contribution in [-0.2, 0) is 10.2 Å². The van der Waals surface area contributed by atoms with Crippen molar-refractivity contribution in [1.29, 1.82) is 0 Å². The monoisotopic (exact) mass is 289 g/mol. The van der Waals surface area contributed by atoms with Crippen molar-refractivity contribution < 1.29 is 8.42 Å². The van der Waals surface area contributed by atoms with E-state index in [1.165, 1.54) is 0 Å². The molecule has 5 nitrogen and oxygen atoms in total. The van der Waals surface area contributed by atoms with E-state index >= 15 is 0 Å².